The van der Waals surface area contributed by atoms with Crippen LogP contribution in [0.5, 0.6) is 5.75 Å². The molecule has 0 aliphatic carbocycles. The van der Waals surface area contributed by atoms with Crippen LogP contribution in [0.4, 0.5) is 21.9 Å². The monoisotopic (exact) mass is 580 g/mol. The van der Waals surface area contributed by atoms with Crippen molar-refractivity contribution in [2.75, 3.05) is 23.0 Å². The number of amides is 3. The first-order valence-electron chi connectivity index (χ1n) is 13.7. The van der Waals surface area contributed by atoms with Crippen LogP contribution in [0.15, 0.2) is 116 Å². The number of pyridine rings is 1. The summed E-state index contributed by atoms with van der Waals surface area (Å²) in [5.74, 6) is -1.78. The molecule has 2 heterocycles. The summed E-state index contributed by atoms with van der Waals surface area (Å²) in [5, 5.41) is 2.40. The molecule has 0 spiro atoms. The summed E-state index contributed by atoms with van der Waals surface area (Å²) in [6.45, 7) is 3.54. The molecule has 4 aromatic rings. The number of nitrogens with one attached hydrogen (secondary N) is 1. The highest BCUT2D eigenvalue weighted by Gasteiger charge is 2.43. The van der Waals surface area contributed by atoms with E-state index in [4.69, 9.17) is 9.47 Å². The predicted octanol–water partition coefficient (Wildman–Crippen LogP) is 5.14. The third kappa shape index (κ3) is 8.26. The molecule has 0 fully saturated rings. The lowest BCUT2D eigenvalue weighted by Gasteiger charge is -2.25. The number of nitrogens with zero attached hydrogens (tertiary/aromatic N) is 3. The standard InChI is InChI=1S/C28H27N3O6.C5H5N/c1-19(2)18-36-24(32)17-30-22-15-9-10-16-23(22)31(20-11-5-3-6-12-20)27(34)25(26(30)33)29-28(35)37-21-13-7-4-8-14-21;1-2-4-6-5-3-1/h3-16,19,25H,17-18H2,1-2H3,(H,29,35);1-5H. The number of ether oxygens (including phenoxy) is 2. The van der Waals surface area contributed by atoms with Crippen molar-refractivity contribution in [1.29, 1.82) is 0 Å². The van der Waals surface area contributed by atoms with Crippen molar-refractivity contribution >= 4 is 40.9 Å². The summed E-state index contributed by atoms with van der Waals surface area (Å²) in [5.41, 5.74) is 1.19. The molecular weight excluding hydrogens is 548 g/mol. The van der Waals surface area contributed by atoms with Gasteiger partial charge in [0.2, 0.25) is 0 Å². The molecule has 1 unspecified atom stereocenters. The number of para-hydroxylation sites is 4. The fourth-order valence-corrected chi connectivity index (χ4v) is 4.13. The Labute approximate surface area is 249 Å². The molecule has 0 radical (unpaired) electrons. The lowest BCUT2D eigenvalue weighted by Crippen LogP contribution is -2.56. The van der Waals surface area contributed by atoms with Crippen LogP contribution in [-0.2, 0) is 19.1 Å². The molecular formula is C33H32N4O6. The highest BCUT2D eigenvalue weighted by molar-refractivity contribution is 6.24. The fraction of sp³-hybridized carbons (Fsp3) is 0.182. The lowest BCUT2D eigenvalue weighted by molar-refractivity contribution is -0.144. The Kier molecular flexibility index (Phi) is 10.6. The van der Waals surface area contributed by atoms with Gasteiger partial charge in [0.15, 0.2) is 6.04 Å². The largest absolute Gasteiger partial charge is 0.464 e. The topological polar surface area (TPSA) is 118 Å². The predicted molar refractivity (Wildman–Crippen MR) is 162 cm³/mol. The number of carbonyl (C=O) groups excluding carboxylic acids is 4. The van der Waals surface area contributed by atoms with E-state index in [0.717, 1.165) is 4.90 Å². The van der Waals surface area contributed by atoms with Crippen molar-refractivity contribution in [3.63, 3.8) is 0 Å². The number of hydrogen-bond donors (Lipinski definition) is 1. The molecule has 10 heteroatoms. The highest BCUT2D eigenvalue weighted by Crippen LogP contribution is 2.37. The van der Waals surface area contributed by atoms with Gasteiger partial charge < -0.3 is 14.8 Å². The SMILES string of the molecule is CC(C)COC(=O)CN1C(=O)C(NC(=O)Oc2ccccc2)C(=O)N(c2ccccc2)c2ccccc21.c1ccncc1. The molecule has 220 valence electrons. The summed E-state index contributed by atoms with van der Waals surface area (Å²) in [4.78, 5) is 59.3. The van der Waals surface area contributed by atoms with Gasteiger partial charge >= 0.3 is 12.1 Å². The molecule has 1 atom stereocenters. The van der Waals surface area contributed by atoms with Crippen LogP contribution in [0.1, 0.15) is 13.8 Å². The zero-order valence-corrected chi connectivity index (χ0v) is 23.8. The van der Waals surface area contributed by atoms with Crippen LogP contribution in [0.3, 0.4) is 0 Å². The van der Waals surface area contributed by atoms with E-state index in [0.29, 0.717) is 17.1 Å². The number of carbonyl (C=O) groups is 4. The Bertz CT molecular complexity index is 1490. The molecule has 3 amide bonds. The number of anilines is 3. The van der Waals surface area contributed by atoms with Gasteiger partial charge in [0.05, 0.1) is 18.0 Å². The van der Waals surface area contributed by atoms with E-state index >= 15 is 0 Å². The van der Waals surface area contributed by atoms with Crippen LogP contribution in [0, 0.1) is 5.92 Å². The Morgan fingerprint density at radius 1 is 0.791 bits per heavy atom. The number of fused-ring (bicyclic) bond motifs is 1. The van der Waals surface area contributed by atoms with Gasteiger partial charge in [-0.25, -0.2) is 4.79 Å². The lowest BCUT2D eigenvalue weighted by atomic mass is 10.2. The van der Waals surface area contributed by atoms with Crippen LogP contribution < -0.4 is 19.9 Å². The molecule has 1 aliphatic rings. The third-order valence-corrected chi connectivity index (χ3v) is 6.06. The number of esters is 1. The van der Waals surface area contributed by atoms with Crippen molar-refractivity contribution in [3.05, 3.63) is 116 Å². The van der Waals surface area contributed by atoms with E-state index in [2.05, 4.69) is 10.3 Å². The van der Waals surface area contributed by atoms with Gasteiger partial charge in [-0.2, -0.15) is 0 Å². The van der Waals surface area contributed by atoms with E-state index in [1.54, 1.807) is 97.3 Å². The van der Waals surface area contributed by atoms with Gasteiger partial charge in [0.1, 0.15) is 12.3 Å². The molecule has 5 rings (SSSR count). The van der Waals surface area contributed by atoms with Gasteiger partial charge in [-0.05, 0) is 54.4 Å². The molecule has 3 aromatic carbocycles. The average molecular weight is 581 g/mol. The molecule has 1 aliphatic heterocycles. The van der Waals surface area contributed by atoms with Crippen molar-refractivity contribution in [2.45, 2.75) is 19.9 Å². The van der Waals surface area contributed by atoms with E-state index in [9.17, 15) is 19.2 Å². The molecule has 1 N–H and O–H groups in total. The van der Waals surface area contributed by atoms with Gasteiger partial charge in [-0.1, -0.05) is 68.4 Å². The van der Waals surface area contributed by atoms with Crippen LogP contribution >= 0.6 is 0 Å². The minimum atomic E-state index is -1.67. The maximum absolute atomic E-state index is 13.8. The van der Waals surface area contributed by atoms with E-state index in [1.807, 2.05) is 32.0 Å². The third-order valence-electron chi connectivity index (χ3n) is 6.06. The number of benzene rings is 3. The van der Waals surface area contributed by atoms with Crippen LogP contribution in [-0.4, -0.2) is 48.1 Å². The molecule has 1 aromatic heterocycles. The summed E-state index contributed by atoms with van der Waals surface area (Å²) < 4.78 is 10.6. The number of aromatic nitrogens is 1. The van der Waals surface area contributed by atoms with Crippen molar-refractivity contribution in [2.24, 2.45) is 5.92 Å². The van der Waals surface area contributed by atoms with Gasteiger partial charge in [-0.3, -0.25) is 29.2 Å². The Morgan fingerprint density at radius 2 is 1.37 bits per heavy atom. The van der Waals surface area contributed by atoms with Crippen LogP contribution in [0.2, 0.25) is 0 Å². The maximum Gasteiger partial charge on any atom is 0.413 e. The fourth-order valence-electron chi connectivity index (χ4n) is 4.13. The van der Waals surface area contributed by atoms with E-state index < -0.39 is 36.5 Å². The zero-order chi connectivity index (χ0) is 30.6. The summed E-state index contributed by atoms with van der Waals surface area (Å²) >= 11 is 0. The van der Waals surface area contributed by atoms with Gasteiger partial charge in [-0.15, -0.1) is 0 Å². The van der Waals surface area contributed by atoms with E-state index in [-0.39, 0.29) is 18.3 Å². The minimum absolute atomic E-state index is 0.105. The smallest absolute Gasteiger partial charge is 0.413 e. The summed E-state index contributed by atoms with van der Waals surface area (Å²) in [6.07, 6.45) is 2.51. The van der Waals surface area contributed by atoms with Crippen molar-refractivity contribution in [1.82, 2.24) is 10.3 Å². The van der Waals surface area contributed by atoms with Gasteiger partial charge in [0, 0.05) is 18.1 Å². The highest BCUT2D eigenvalue weighted by atomic mass is 16.6. The average Bonchev–Trinajstić information content (AvgIpc) is 3.11. The minimum Gasteiger partial charge on any atom is -0.464 e. The Balaban J connectivity index is 0.000000628. The maximum atomic E-state index is 13.8. The first-order valence-corrected chi connectivity index (χ1v) is 13.7. The quantitative estimate of drug-likeness (QED) is 0.238. The molecule has 0 bridgehead atoms. The normalized spacial score (nSPS) is 14.2. The zero-order valence-electron chi connectivity index (χ0n) is 23.8. The first kappa shape index (κ1) is 30.4. The van der Waals surface area contributed by atoms with Crippen molar-refractivity contribution < 1.29 is 28.7 Å². The second-order valence-corrected chi connectivity index (χ2v) is 9.80. The Morgan fingerprint density at radius 3 is 1.95 bits per heavy atom. The van der Waals surface area contributed by atoms with E-state index in [1.165, 1.54) is 4.90 Å². The summed E-state index contributed by atoms with van der Waals surface area (Å²) in [6, 6.07) is 27.8. The molecule has 0 saturated heterocycles. The number of rotatable bonds is 7. The first-order chi connectivity index (χ1) is 20.8. The second kappa shape index (κ2) is 14.9. The number of hydrogen-bond acceptors (Lipinski definition) is 7. The van der Waals surface area contributed by atoms with Gasteiger partial charge in [0.25, 0.3) is 11.8 Å². The van der Waals surface area contributed by atoms with Crippen LogP contribution in [0.25, 0.3) is 0 Å². The summed E-state index contributed by atoms with van der Waals surface area (Å²) in [7, 11) is 0. The Hall–Kier alpha value is -5.51. The second-order valence-electron chi connectivity index (χ2n) is 9.80. The molecule has 0 saturated carbocycles. The molecule has 10 nitrogen and oxygen atoms in total. The van der Waals surface area contributed by atoms with Crippen molar-refractivity contribution in [3.8, 4) is 5.75 Å². The molecule has 43 heavy (non-hydrogen) atoms.